The number of esters is 1. The molecule has 14 nitrogen and oxygen atoms in total. The van der Waals surface area contributed by atoms with Crippen LogP contribution in [0, 0.1) is 23.7 Å². The van der Waals surface area contributed by atoms with Gasteiger partial charge in [0, 0.05) is 37.5 Å². The van der Waals surface area contributed by atoms with Crippen molar-refractivity contribution in [3.05, 3.63) is 0 Å². The van der Waals surface area contributed by atoms with Crippen LogP contribution in [0.2, 0.25) is 0 Å². The van der Waals surface area contributed by atoms with E-state index in [0.717, 1.165) is 0 Å². The molecule has 3 aliphatic rings. The van der Waals surface area contributed by atoms with Crippen molar-refractivity contribution in [3.8, 4) is 0 Å². The third-order valence-corrected chi connectivity index (χ3v) is 12.7. The summed E-state index contributed by atoms with van der Waals surface area (Å²) >= 11 is 0. The molecule has 3 aliphatic heterocycles. The first-order valence-corrected chi connectivity index (χ1v) is 19.6. The van der Waals surface area contributed by atoms with Crippen LogP contribution in [0.25, 0.3) is 0 Å². The van der Waals surface area contributed by atoms with Crippen LogP contribution < -0.4 is 0 Å². The number of hydrogen-bond donors (Lipinski definition) is 6. The molecule has 0 unspecified atom stereocenters. The van der Waals surface area contributed by atoms with Crippen molar-refractivity contribution in [2.24, 2.45) is 23.7 Å². The van der Waals surface area contributed by atoms with Gasteiger partial charge >= 0.3 is 5.97 Å². The monoisotopic (exact) mass is 764 g/mol. The van der Waals surface area contributed by atoms with Gasteiger partial charge in [0.05, 0.1) is 53.7 Å². The van der Waals surface area contributed by atoms with Crippen LogP contribution in [0.4, 0.5) is 0 Å². The maximum atomic E-state index is 14.2. The Labute approximate surface area is 317 Å². The highest BCUT2D eigenvalue weighted by Crippen LogP contribution is 2.41. The van der Waals surface area contributed by atoms with Crippen LogP contribution >= 0.6 is 0 Å². The highest BCUT2D eigenvalue weighted by Gasteiger charge is 2.53. The van der Waals surface area contributed by atoms with E-state index in [0.29, 0.717) is 6.42 Å². The maximum absolute atomic E-state index is 14.2. The van der Waals surface area contributed by atoms with E-state index in [9.17, 15) is 35.4 Å². The van der Waals surface area contributed by atoms with Crippen LogP contribution in [0.5, 0.6) is 0 Å². The summed E-state index contributed by atoms with van der Waals surface area (Å²) in [4.78, 5) is 16.2. The minimum atomic E-state index is -1.94. The third-order valence-electron chi connectivity index (χ3n) is 12.7. The topological polar surface area (TPSA) is 197 Å². The molecule has 3 fully saturated rings. The predicted molar refractivity (Wildman–Crippen MR) is 196 cm³/mol. The fraction of sp³-hybridized carbons (Fsp3) is 0.974. The summed E-state index contributed by atoms with van der Waals surface area (Å²) in [6, 6.07) is -0.205. The van der Waals surface area contributed by atoms with Crippen molar-refractivity contribution in [2.75, 3.05) is 14.2 Å². The Morgan fingerprint density at radius 1 is 0.887 bits per heavy atom. The van der Waals surface area contributed by atoms with E-state index in [2.05, 4.69) is 4.90 Å². The summed E-state index contributed by atoms with van der Waals surface area (Å²) in [6.45, 7) is 20.8. The number of methoxy groups -OCH3 is 1. The lowest BCUT2D eigenvalue weighted by molar-refractivity contribution is -0.319. The Morgan fingerprint density at radius 2 is 1.49 bits per heavy atom. The van der Waals surface area contributed by atoms with Crippen LogP contribution in [-0.2, 0) is 33.2 Å². The molecule has 312 valence electrons. The molecular formula is C39H73NO13. The van der Waals surface area contributed by atoms with Crippen molar-refractivity contribution < 1.29 is 63.9 Å². The van der Waals surface area contributed by atoms with E-state index in [4.69, 9.17) is 28.4 Å². The Balaban J connectivity index is 2.19. The van der Waals surface area contributed by atoms with Crippen LogP contribution in [0.15, 0.2) is 0 Å². The van der Waals surface area contributed by atoms with Gasteiger partial charge < -0.3 is 59.1 Å². The van der Waals surface area contributed by atoms with Gasteiger partial charge in [-0.25, -0.2) is 0 Å². The number of aliphatic hydroxyl groups excluding tert-OH is 4. The first-order valence-electron chi connectivity index (χ1n) is 19.6. The molecule has 0 aromatic rings. The molecule has 0 amide bonds. The minimum Gasteiger partial charge on any atom is -0.459 e. The zero-order valence-electron chi connectivity index (χ0n) is 34.6. The zero-order chi connectivity index (χ0) is 40.5. The van der Waals surface area contributed by atoms with Gasteiger partial charge in [0.2, 0.25) is 0 Å². The van der Waals surface area contributed by atoms with Gasteiger partial charge in [-0.3, -0.25) is 9.69 Å². The lowest BCUT2D eigenvalue weighted by Crippen LogP contribution is -2.62. The number of cyclic esters (lactones) is 1. The van der Waals surface area contributed by atoms with Crippen LogP contribution in [0.1, 0.15) is 109 Å². The number of carbonyl (C=O) groups excluding carboxylic acids is 1. The summed E-state index contributed by atoms with van der Waals surface area (Å²) in [7, 11) is 3.42. The normalized spacial score (nSPS) is 49.8. The molecule has 19 atom stereocenters. The van der Waals surface area contributed by atoms with Gasteiger partial charge in [-0.1, -0.05) is 27.7 Å². The van der Waals surface area contributed by atoms with E-state index in [-0.39, 0.29) is 37.5 Å². The number of carbonyl (C=O) groups is 1. The molecule has 0 aromatic carbocycles. The average molecular weight is 764 g/mol. The Kier molecular flexibility index (Phi) is 15.8. The average Bonchev–Trinajstić information content (AvgIpc) is 3.08. The van der Waals surface area contributed by atoms with Crippen molar-refractivity contribution in [1.82, 2.24) is 4.90 Å². The van der Waals surface area contributed by atoms with Crippen molar-refractivity contribution >= 4 is 5.97 Å². The van der Waals surface area contributed by atoms with E-state index >= 15 is 0 Å². The third kappa shape index (κ3) is 10.1. The van der Waals surface area contributed by atoms with E-state index in [1.807, 2.05) is 27.8 Å². The van der Waals surface area contributed by atoms with Crippen molar-refractivity contribution in [1.29, 1.82) is 0 Å². The quantitative estimate of drug-likeness (QED) is 0.197. The molecule has 3 rings (SSSR count). The maximum Gasteiger partial charge on any atom is 0.311 e. The number of hydrogen-bond acceptors (Lipinski definition) is 14. The lowest BCUT2D eigenvalue weighted by Gasteiger charge is -2.49. The van der Waals surface area contributed by atoms with E-state index in [1.165, 1.54) is 14.0 Å². The lowest BCUT2D eigenvalue weighted by atomic mass is 9.73. The molecule has 3 saturated heterocycles. The molecule has 0 radical (unpaired) electrons. The molecule has 3 heterocycles. The molecule has 0 saturated carbocycles. The number of aliphatic hydroxyl groups is 6. The molecule has 0 aliphatic carbocycles. The molecule has 14 heteroatoms. The van der Waals surface area contributed by atoms with Gasteiger partial charge in [-0.2, -0.15) is 0 Å². The fourth-order valence-corrected chi connectivity index (χ4v) is 8.86. The molecule has 6 N–H and O–H groups in total. The summed E-state index contributed by atoms with van der Waals surface area (Å²) in [5, 5.41) is 69.8. The van der Waals surface area contributed by atoms with Gasteiger partial charge in [0.25, 0.3) is 0 Å². The zero-order valence-corrected chi connectivity index (χ0v) is 34.6. The Hall–Kier alpha value is -1.01. The second-order valence-corrected chi connectivity index (χ2v) is 17.5. The SMILES string of the molecule is CC[C@H]1OC(=O)[C@H](C)[C@@H](O[C@H]2C[C@@](C)(OC)[C@@H](O)[C@H](C)O2)[C@H](C)[C@@H](O[C@@H]2O[C@H](C)C[C@H](N(C)C(C)C)[C@H]2O)[C@](C)(O)C[C@@H](C)[C@H](O)[C@H](C)[C@@H](O)[C@]1(C)O. The summed E-state index contributed by atoms with van der Waals surface area (Å²) < 4.78 is 37.4. The van der Waals surface area contributed by atoms with Gasteiger partial charge in [-0.15, -0.1) is 0 Å². The van der Waals surface area contributed by atoms with Gasteiger partial charge in [-0.05, 0) is 87.6 Å². The van der Waals surface area contributed by atoms with Gasteiger partial charge in [0.1, 0.15) is 23.9 Å². The predicted octanol–water partition coefficient (Wildman–Crippen LogP) is 2.36. The van der Waals surface area contributed by atoms with Crippen molar-refractivity contribution in [3.63, 3.8) is 0 Å². The first kappa shape index (κ1) is 46.4. The van der Waals surface area contributed by atoms with E-state index < -0.39 is 108 Å². The Morgan fingerprint density at radius 3 is 2.04 bits per heavy atom. The number of likely N-dealkylation sites (N-methyl/N-ethyl adjacent to an activating group) is 1. The Bertz CT molecular complexity index is 1170. The highest BCUT2D eigenvalue weighted by atomic mass is 16.7. The molecule has 0 spiro atoms. The van der Waals surface area contributed by atoms with E-state index in [1.54, 1.807) is 55.4 Å². The standard InChI is InChI=1S/C39H73NO13/c1-15-27-39(12,47)32(43)22(6)29(41)20(4)17-37(10,46)34(53-36-30(42)26(16-21(5)49-36)40(13)19(2)3)23(7)31(24(8)35(45)51-27)52-28-18-38(11,48-14)33(44)25(9)50-28/h19-34,36,41-44,46-47H,15-18H2,1-14H3/t20-,21-,22+,23+,24-,25+,26+,27-,28+,29+,30-,31+,32-,33+,34-,36+,37-,38-,39-/m1/s1. The minimum absolute atomic E-state index is 0.0380. The summed E-state index contributed by atoms with van der Waals surface area (Å²) in [5.74, 6) is -4.12. The molecule has 0 bridgehead atoms. The summed E-state index contributed by atoms with van der Waals surface area (Å²) in [5.41, 5.74) is -4.72. The van der Waals surface area contributed by atoms with Crippen LogP contribution in [0.3, 0.4) is 0 Å². The molecule has 53 heavy (non-hydrogen) atoms. The van der Waals surface area contributed by atoms with Gasteiger partial charge in [0.15, 0.2) is 12.6 Å². The number of nitrogens with zero attached hydrogens (tertiary/aromatic N) is 1. The van der Waals surface area contributed by atoms with Crippen LogP contribution in [-0.4, -0.2) is 152 Å². The second kappa shape index (κ2) is 18.1. The molecule has 0 aromatic heterocycles. The first-order chi connectivity index (χ1) is 24.3. The largest absolute Gasteiger partial charge is 0.459 e. The highest BCUT2D eigenvalue weighted by molar-refractivity contribution is 5.73. The smallest absolute Gasteiger partial charge is 0.311 e. The summed E-state index contributed by atoms with van der Waals surface area (Å²) in [6.07, 6.45) is -10.5. The second-order valence-electron chi connectivity index (χ2n) is 17.5. The molecular weight excluding hydrogens is 690 g/mol. The van der Waals surface area contributed by atoms with Crippen molar-refractivity contribution in [2.45, 2.75) is 205 Å². The number of rotatable bonds is 8. The number of ether oxygens (including phenoxy) is 6. The fourth-order valence-electron chi connectivity index (χ4n) is 8.86.